The monoisotopic (exact) mass is 495 g/mol. The van der Waals surface area contributed by atoms with E-state index in [1.807, 2.05) is 29.6 Å². The van der Waals surface area contributed by atoms with E-state index in [-0.39, 0.29) is 4.90 Å². The molecule has 0 spiro atoms. The first-order chi connectivity index (χ1) is 16.4. The zero-order valence-electron chi connectivity index (χ0n) is 18.9. The predicted octanol–water partition coefficient (Wildman–Crippen LogP) is 5.67. The number of carbonyl (C=O) groups excluding carboxylic acids is 1. The number of sulfonamides is 1. The Kier molecular flexibility index (Phi) is 7.14. The Bertz CT molecular complexity index is 1360. The Labute approximate surface area is 203 Å². The largest absolute Gasteiger partial charge is 0.427 e. The number of unbranched alkanes of at least 4 members (excludes halogenated alkanes) is 1. The summed E-state index contributed by atoms with van der Waals surface area (Å²) in [6.45, 7) is 3.46. The van der Waals surface area contributed by atoms with Crippen molar-refractivity contribution in [3.8, 4) is 22.0 Å². The van der Waals surface area contributed by atoms with Gasteiger partial charge in [0, 0.05) is 13.0 Å². The summed E-state index contributed by atoms with van der Waals surface area (Å²) in [6, 6.07) is 19.2. The average molecular weight is 496 g/mol. The third-order valence-electron chi connectivity index (χ3n) is 5.12. The van der Waals surface area contributed by atoms with Gasteiger partial charge in [0.25, 0.3) is 10.0 Å². The minimum absolute atomic E-state index is 0.184. The van der Waals surface area contributed by atoms with Gasteiger partial charge in [0.15, 0.2) is 0 Å². The Morgan fingerprint density at radius 1 is 1.09 bits per heavy atom. The molecule has 0 fully saturated rings. The standard InChI is InChI=1S/C25H25N3O4S2/c1-3-4-6-19-8-14-22(15-9-19)34(30,31)27-25-17-23(24-7-5-16-33-24)26-28(25)20-10-12-21(13-11-20)32-18(2)29/h5,7-17,27H,3-4,6H2,1-2H3. The van der Waals surface area contributed by atoms with Crippen LogP contribution in [-0.2, 0) is 21.2 Å². The van der Waals surface area contributed by atoms with Crippen molar-refractivity contribution in [2.75, 3.05) is 4.72 Å². The molecule has 0 unspecified atom stereocenters. The molecule has 0 amide bonds. The number of aromatic nitrogens is 2. The highest BCUT2D eigenvalue weighted by atomic mass is 32.2. The van der Waals surface area contributed by atoms with Crippen molar-refractivity contribution in [3.63, 3.8) is 0 Å². The lowest BCUT2D eigenvalue weighted by molar-refractivity contribution is -0.131. The molecule has 0 aliphatic heterocycles. The van der Waals surface area contributed by atoms with Crippen molar-refractivity contribution < 1.29 is 17.9 Å². The van der Waals surface area contributed by atoms with E-state index in [4.69, 9.17) is 4.74 Å². The number of aryl methyl sites for hydroxylation is 1. The number of nitrogens with zero attached hydrogens (tertiary/aromatic N) is 2. The summed E-state index contributed by atoms with van der Waals surface area (Å²) in [7, 11) is -3.84. The van der Waals surface area contributed by atoms with Crippen molar-refractivity contribution in [2.45, 2.75) is 38.0 Å². The third kappa shape index (κ3) is 5.55. The van der Waals surface area contributed by atoms with Gasteiger partial charge in [-0.15, -0.1) is 11.3 Å². The number of rotatable bonds is 9. The van der Waals surface area contributed by atoms with E-state index in [1.165, 1.54) is 22.9 Å². The zero-order chi connectivity index (χ0) is 24.1. The Hall–Kier alpha value is -3.43. The van der Waals surface area contributed by atoms with Crippen LogP contribution < -0.4 is 9.46 Å². The fraction of sp³-hybridized carbons (Fsp3) is 0.200. The van der Waals surface area contributed by atoms with Crippen molar-refractivity contribution in [1.82, 2.24) is 9.78 Å². The van der Waals surface area contributed by atoms with Crippen molar-refractivity contribution in [2.24, 2.45) is 0 Å². The fourth-order valence-electron chi connectivity index (χ4n) is 3.43. The predicted molar refractivity (Wildman–Crippen MR) is 134 cm³/mol. The molecular weight excluding hydrogens is 470 g/mol. The van der Waals surface area contributed by atoms with E-state index in [1.54, 1.807) is 42.5 Å². The molecule has 4 rings (SSSR count). The highest BCUT2D eigenvalue weighted by Gasteiger charge is 2.20. The van der Waals surface area contributed by atoms with Crippen LogP contribution in [0.25, 0.3) is 16.3 Å². The molecule has 0 aliphatic carbocycles. The van der Waals surface area contributed by atoms with Gasteiger partial charge in [-0.2, -0.15) is 5.10 Å². The van der Waals surface area contributed by atoms with Crippen LogP contribution >= 0.6 is 11.3 Å². The number of nitrogens with one attached hydrogen (secondary N) is 1. The fourth-order valence-corrected chi connectivity index (χ4v) is 5.14. The molecule has 0 atom stereocenters. The van der Waals surface area contributed by atoms with Gasteiger partial charge in [-0.1, -0.05) is 31.5 Å². The van der Waals surface area contributed by atoms with Crippen LogP contribution in [0.2, 0.25) is 0 Å². The highest BCUT2D eigenvalue weighted by Crippen LogP contribution is 2.30. The molecule has 2 heterocycles. The lowest BCUT2D eigenvalue weighted by atomic mass is 10.1. The first-order valence-corrected chi connectivity index (χ1v) is 13.3. The maximum absolute atomic E-state index is 13.2. The molecule has 0 saturated heterocycles. The van der Waals surface area contributed by atoms with Gasteiger partial charge in [0.05, 0.1) is 15.5 Å². The number of ether oxygens (including phenoxy) is 1. The SMILES string of the molecule is CCCCc1ccc(S(=O)(=O)Nc2cc(-c3cccs3)nn2-c2ccc(OC(C)=O)cc2)cc1. The summed E-state index contributed by atoms with van der Waals surface area (Å²) < 4.78 is 35.7. The zero-order valence-corrected chi connectivity index (χ0v) is 20.5. The van der Waals surface area contributed by atoms with E-state index in [0.717, 1.165) is 29.7 Å². The average Bonchev–Trinajstić information content (AvgIpc) is 3.48. The molecule has 2 aromatic heterocycles. The van der Waals surface area contributed by atoms with E-state index < -0.39 is 16.0 Å². The Morgan fingerprint density at radius 3 is 2.44 bits per heavy atom. The van der Waals surface area contributed by atoms with Crippen LogP contribution in [0.5, 0.6) is 5.75 Å². The summed E-state index contributed by atoms with van der Waals surface area (Å²) in [5, 5.41) is 6.57. The Balaban J connectivity index is 1.67. The summed E-state index contributed by atoms with van der Waals surface area (Å²) in [5.41, 5.74) is 2.37. The van der Waals surface area contributed by atoms with Crippen molar-refractivity contribution in [1.29, 1.82) is 0 Å². The molecule has 0 radical (unpaired) electrons. The second kappa shape index (κ2) is 10.2. The van der Waals surface area contributed by atoms with E-state index in [0.29, 0.717) is 22.9 Å². The first-order valence-electron chi connectivity index (χ1n) is 10.9. The van der Waals surface area contributed by atoms with Gasteiger partial charge in [-0.05, 0) is 66.2 Å². The minimum Gasteiger partial charge on any atom is -0.427 e. The molecule has 0 saturated carbocycles. The second-order valence-electron chi connectivity index (χ2n) is 7.74. The number of hydrogen-bond acceptors (Lipinski definition) is 6. The quantitative estimate of drug-likeness (QED) is 0.239. The van der Waals surface area contributed by atoms with E-state index in [2.05, 4.69) is 16.7 Å². The van der Waals surface area contributed by atoms with Crippen LogP contribution in [0.3, 0.4) is 0 Å². The van der Waals surface area contributed by atoms with Gasteiger partial charge in [0.2, 0.25) is 0 Å². The van der Waals surface area contributed by atoms with Gasteiger partial charge in [0.1, 0.15) is 17.3 Å². The second-order valence-corrected chi connectivity index (χ2v) is 10.4. The lowest BCUT2D eigenvalue weighted by Crippen LogP contribution is -2.16. The molecule has 1 N–H and O–H groups in total. The normalized spacial score (nSPS) is 11.4. The highest BCUT2D eigenvalue weighted by molar-refractivity contribution is 7.92. The number of hydrogen-bond donors (Lipinski definition) is 1. The van der Waals surface area contributed by atoms with Gasteiger partial charge in [-0.25, -0.2) is 13.1 Å². The number of esters is 1. The van der Waals surface area contributed by atoms with Crippen LogP contribution in [0.1, 0.15) is 32.3 Å². The molecule has 34 heavy (non-hydrogen) atoms. The van der Waals surface area contributed by atoms with Gasteiger partial charge < -0.3 is 4.74 Å². The molecule has 2 aromatic carbocycles. The molecule has 176 valence electrons. The number of anilines is 1. The van der Waals surface area contributed by atoms with Gasteiger partial charge >= 0.3 is 5.97 Å². The number of benzene rings is 2. The first kappa shape index (κ1) is 23.7. The Morgan fingerprint density at radius 2 is 1.82 bits per heavy atom. The third-order valence-corrected chi connectivity index (χ3v) is 7.38. The van der Waals surface area contributed by atoms with E-state index >= 15 is 0 Å². The molecular formula is C25H25N3O4S2. The van der Waals surface area contributed by atoms with E-state index in [9.17, 15) is 13.2 Å². The lowest BCUT2D eigenvalue weighted by Gasteiger charge is -2.11. The molecule has 9 heteroatoms. The van der Waals surface area contributed by atoms with Crippen molar-refractivity contribution >= 4 is 33.1 Å². The minimum atomic E-state index is -3.84. The molecule has 0 bridgehead atoms. The summed E-state index contributed by atoms with van der Waals surface area (Å²) in [5.74, 6) is 0.284. The van der Waals surface area contributed by atoms with Gasteiger partial charge in [-0.3, -0.25) is 9.52 Å². The molecule has 4 aromatic rings. The number of carbonyl (C=O) groups is 1. The molecule has 7 nitrogen and oxygen atoms in total. The van der Waals surface area contributed by atoms with Crippen LogP contribution in [0.4, 0.5) is 5.82 Å². The van der Waals surface area contributed by atoms with Crippen molar-refractivity contribution in [3.05, 3.63) is 77.7 Å². The van der Waals surface area contributed by atoms with Crippen LogP contribution in [0.15, 0.2) is 77.0 Å². The maximum Gasteiger partial charge on any atom is 0.308 e. The summed E-state index contributed by atoms with van der Waals surface area (Å²) in [4.78, 5) is 12.3. The molecule has 0 aliphatic rings. The van der Waals surface area contributed by atoms with Crippen LogP contribution in [0, 0.1) is 0 Å². The summed E-state index contributed by atoms with van der Waals surface area (Å²) in [6.07, 6.45) is 3.07. The van der Waals surface area contributed by atoms with Crippen LogP contribution in [-0.4, -0.2) is 24.2 Å². The smallest absolute Gasteiger partial charge is 0.308 e. The number of thiophene rings is 1. The maximum atomic E-state index is 13.2. The summed E-state index contributed by atoms with van der Waals surface area (Å²) >= 11 is 1.51. The topological polar surface area (TPSA) is 90.3 Å².